The molecule has 1 aromatic heterocycles. The van der Waals surface area contributed by atoms with E-state index in [0.29, 0.717) is 10.8 Å². The van der Waals surface area contributed by atoms with Crippen LogP contribution in [-0.4, -0.2) is 29.7 Å². The lowest BCUT2D eigenvalue weighted by Crippen LogP contribution is -2.27. The number of aromatic amines is 1. The zero-order valence-corrected chi connectivity index (χ0v) is 20.6. The molecule has 0 saturated heterocycles. The quantitative estimate of drug-likeness (QED) is 0.326. The second kappa shape index (κ2) is 9.56. The summed E-state index contributed by atoms with van der Waals surface area (Å²) in [6.45, 7) is 1.98. The van der Waals surface area contributed by atoms with Crippen LogP contribution in [0, 0.1) is 0 Å². The average Bonchev–Trinajstić information content (AvgIpc) is 3.25. The molecule has 1 aliphatic heterocycles. The van der Waals surface area contributed by atoms with Crippen LogP contribution < -0.4 is 15.2 Å². The molecule has 0 spiro atoms. The van der Waals surface area contributed by atoms with Crippen LogP contribution in [0.3, 0.4) is 0 Å². The number of rotatable bonds is 6. The molecule has 3 aromatic carbocycles. The number of fused-ring (bicyclic) bond motifs is 2. The Morgan fingerprint density at radius 3 is 2.71 bits per heavy atom. The van der Waals surface area contributed by atoms with E-state index >= 15 is 0 Å². The highest BCUT2D eigenvalue weighted by molar-refractivity contribution is 7.99. The fourth-order valence-corrected chi connectivity index (χ4v) is 5.04. The fraction of sp³-hybridized carbons (Fsp3) is 0.154. The zero-order chi connectivity index (χ0) is 24.5. The summed E-state index contributed by atoms with van der Waals surface area (Å²) in [7, 11) is 1.63. The molecule has 0 amide bonds. The van der Waals surface area contributed by atoms with Crippen molar-refractivity contribution < 1.29 is 19.0 Å². The zero-order valence-electron chi connectivity index (χ0n) is 19.0. The molecule has 4 aromatic rings. The van der Waals surface area contributed by atoms with E-state index in [1.165, 1.54) is 11.8 Å². The molecule has 0 saturated carbocycles. The second-order valence-electron chi connectivity index (χ2n) is 7.81. The van der Waals surface area contributed by atoms with Crippen LogP contribution in [0.5, 0.6) is 11.5 Å². The van der Waals surface area contributed by atoms with E-state index in [-0.39, 0.29) is 18.1 Å². The lowest BCUT2D eigenvalue weighted by molar-refractivity contribution is -0.139. The van der Waals surface area contributed by atoms with Crippen LogP contribution in [0.4, 0.5) is 0 Å². The van der Waals surface area contributed by atoms with Crippen LogP contribution in [0.1, 0.15) is 24.0 Å². The Labute approximate surface area is 211 Å². The van der Waals surface area contributed by atoms with Crippen molar-refractivity contribution in [2.24, 2.45) is 5.73 Å². The van der Waals surface area contributed by atoms with Crippen molar-refractivity contribution in [2.75, 3.05) is 13.7 Å². The third kappa shape index (κ3) is 4.54. The number of aromatic nitrogens is 2. The number of benzene rings is 3. The van der Waals surface area contributed by atoms with Crippen LogP contribution in [0.2, 0.25) is 5.02 Å². The molecule has 5 rings (SSSR count). The van der Waals surface area contributed by atoms with Gasteiger partial charge in [-0.2, -0.15) is 0 Å². The molecule has 178 valence electrons. The smallest absolute Gasteiger partial charge is 0.340 e. The number of esters is 1. The first kappa shape index (κ1) is 23.1. The maximum atomic E-state index is 12.9. The number of ether oxygens (including phenoxy) is 3. The summed E-state index contributed by atoms with van der Waals surface area (Å²) < 4.78 is 16.5. The van der Waals surface area contributed by atoms with Crippen molar-refractivity contribution in [3.8, 4) is 11.5 Å². The third-order valence-corrected chi connectivity index (χ3v) is 6.78. The number of hydrogen-bond donors (Lipinski definition) is 2. The van der Waals surface area contributed by atoms with Crippen LogP contribution >= 0.6 is 23.4 Å². The van der Waals surface area contributed by atoms with Gasteiger partial charge in [0.15, 0.2) is 5.16 Å². The number of hydrogen-bond acceptors (Lipinski definition) is 7. The van der Waals surface area contributed by atoms with Crippen molar-refractivity contribution >= 4 is 40.4 Å². The van der Waals surface area contributed by atoms with Crippen LogP contribution in [-0.2, 0) is 9.53 Å². The monoisotopic (exact) mass is 507 g/mol. The number of imidazole rings is 1. The van der Waals surface area contributed by atoms with E-state index in [9.17, 15) is 4.79 Å². The SMILES string of the molecule is CCOC(=O)C1=C(N)Oc2ccc(Sc3nc4ccc(OC)cc4[nH]3)cc2C1c1ccc(Cl)cc1. The summed E-state index contributed by atoms with van der Waals surface area (Å²) in [6, 6.07) is 18.8. The average molecular weight is 508 g/mol. The summed E-state index contributed by atoms with van der Waals surface area (Å²) in [5.41, 5.74) is 9.85. The topological polar surface area (TPSA) is 99.5 Å². The predicted octanol–water partition coefficient (Wildman–Crippen LogP) is 5.63. The standard InChI is InChI=1S/C26H22ClN3O4S/c1-3-33-25(31)23-22(14-4-6-15(27)7-5-14)18-13-17(9-11-21(18)34-24(23)28)35-26-29-19-10-8-16(32-2)12-20(19)30-26/h4-13,22H,3,28H2,1-2H3,(H,29,30). The lowest BCUT2D eigenvalue weighted by Gasteiger charge is -2.29. The third-order valence-electron chi connectivity index (χ3n) is 5.65. The minimum Gasteiger partial charge on any atom is -0.497 e. The van der Waals surface area contributed by atoms with Gasteiger partial charge >= 0.3 is 5.97 Å². The number of nitrogens with one attached hydrogen (secondary N) is 1. The van der Waals surface area contributed by atoms with Crippen molar-refractivity contribution in [1.82, 2.24) is 9.97 Å². The Morgan fingerprint density at radius 2 is 1.97 bits per heavy atom. The largest absolute Gasteiger partial charge is 0.497 e. The molecule has 0 aliphatic carbocycles. The fourth-order valence-electron chi connectivity index (χ4n) is 4.06. The highest BCUT2D eigenvalue weighted by atomic mass is 35.5. The van der Waals surface area contributed by atoms with Gasteiger partial charge in [0, 0.05) is 21.5 Å². The van der Waals surface area contributed by atoms with E-state index in [4.69, 9.17) is 31.5 Å². The minimum atomic E-state index is -0.514. The van der Waals surface area contributed by atoms with Gasteiger partial charge in [-0.15, -0.1) is 0 Å². The first-order valence-corrected chi connectivity index (χ1v) is 12.1. The molecule has 0 bridgehead atoms. The summed E-state index contributed by atoms with van der Waals surface area (Å²) in [6.07, 6.45) is 0. The molecule has 1 aliphatic rings. The maximum Gasteiger partial charge on any atom is 0.340 e. The van der Waals surface area contributed by atoms with E-state index < -0.39 is 11.9 Å². The molecule has 3 N–H and O–H groups in total. The highest BCUT2D eigenvalue weighted by Crippen LogP contribution is 2.45. The minimum absolute atomic E-state index is 0.0301. The molecule has 9 heteroatoms. The maximum absolute atomic E-state index is 12.9. The molecular weight excluding hydrogens is 486 g/mol. The number of nitrogens with zero attached hydrogens (tertiary/aromatic N) is 1. The van der Waals surface area contributed by atoms with Gasteiger partial charge in [-0.3, -0.25) is 0 Å². The molecule has 2 heterocycles. The van der Waals surface area contributed by atoms with Crippen LogP contribution in [0.15, 0.2) is 82.2 Å². The number of halogens is 1. The number of nitrogens with two attached hydrogens (primary N) is 1. The molecule has 35 heavy (non-hydrogen) atoms. The van der Waals surface area contributed by atoms with Crippen LogP contribution in [0.25, 0.3) is 11.0 Å². The van der Waals surface area contributed by atoms with Gasteiger partial charge in [-0.1, -0.05) is 35.5 Å². The van der Waals surface area contributed by atoms with Gasteiger partial charge in [0.25, 0.3) is 0 Å². The number of methoxy groups -OCH3 is 1. The van der Waals surface area contributed by atoms with Gasteiger partial charge in [0.1, 0.15) is 17.1 Å². The lowest BCUT2D eigenvalue weighted by atomic mass is 9.83. The number of carbonyl (C=O) groups excluding carboxylic acids is 1. The number of H-pyrrole nitrogens is 1. The molecule has 1 atom stereocenters. The van der Waals surface area contributed by atoms with Crippen molar-refractivity contribution in [1.29, 1.82) is 0 Å². The summed E-state index contributed by atoms with van der Waals surface area (Å²) in [5, 5.41) is 1.33. The Hall–Kier alpha value is -3.62. The predicted molar refractivity (Wildman–Crippen MR) is 135 cm³/mol. The van der Waals surface area contributed by atoms with E-state index in [1.807, 2.05) is 48.5 Å². The summed E-state index contributed by atoms with van der Waals surface area (Å²) in [5.74, 6) is 0.373. The molecule has 1 unspecified atom stereocenters. The van der Waals surface area contributed by atoms with Gasteiger partial charge in [0.05, 0.1) is 30.7 Å². The van der Waals surface area contributed by atoms with Gasteiger partial charge in [-0.25, -0.2) is 9.78 Å². The second-order valence-corrected chi connectivity index (χ2v) is 9.31. The Kier molecular flexibility index (Phi) is 6.32. The van der Waals surface area contributed by atoms with Crippen molar-refractivity contribution in [3.05, 3.63) is 88.3 Å². The highest BCUT2D eigenvalue weighted by Gasteiger charge is 2.35. The molecule has 0 radical (unpaired) electrons. The van der Waals surface area contributed by atoms with Gasteiger partial charge in [0.2, 0.25) is 5.88 Å². The Morgan fingerprint density at radius 1 is 1.17 bits per heavy atom. The molecule has 7 nitrogen and oxygen atoms in total. The summed E-state index contributed by atoms with van der Waals surface area (Å²) in [4.78, 5) is 21.8. The Balaban J connectivity index is 1.55. The first-order valence-electron chi connectivity index (χ1n) is 10.9. The first-order chi connectivity index (χ1) is 17.0. The van der Waals surface area contributed by atoms with Crippen molar-refractivity contribution in [3.63, 3.8) is 0 Å². The Bertz CT molecular complexity index is 1450. The van der Waals surface area contributed by atoms with E-state index in [0.717, 1.165) is 38.0 Å². The number of carbonyl (C=O) groups is 1. The van der Waals surface area contributed by atoms with E-state index in [2.05, 4.69) is 9.97 Å². The van der Waals surface area contributed by atoms with Gasteiger partial charge in [-0.05, 0) is 55.0 Å². The van der Waals surface area contributed by atoms with E-state index in [1.54, 1.807) is 26.2 Å². The van der Waals surface area contributed by atoms with Gasteiger partial charge < -0.3 is 24.9 Å². The normalized spacial score (nSPS) is 15.0. The summed E-state index contributed by atoms with van der Waals surface area (Å²) >= 11 is 7.59. The van der Waals surface area contributed by atoms with Crippen molar-refractivity contribution in [2.45, 2.75) is 22.9 Å². The molecular formula is C26H22ClN3O4S. The molecule has 0 fully saturated rings.